The maximum absolute atomic E-state index is 5.33. The van der Waals surface area contributed by atoms with Crippen molar-refractivity contribution in [3.05, 3.63) is 16.0 Å². The molecular weight excluding hydrogens is 310 g/mol. The molecule has 1 nitrogen and oxygen atoms in total. The molecule has 0 spiro atoms. The van der Waals surface area contributed by atoms with Crippen LogP contribution < -0.4 is 0 Å². The number of halogens is 2. The average Bonchev–Trinajstić information content (AvgIpc) is 2.24. The Bertz CT molecular complexity index is 123. The molecule has 0 saturated carbocycles. The predicted octanol–water partition coefficient (Wildman–Crippen LogP) is 2.48. The van der Waals surface area contributed by atoms with Gasteiger partial charge in [-0.2, -0.15) is 11.6 Å². The van der Waals surface area contributed by atoms with Gasteiger partial charge in [-0.25, -0.2) is 11.3 Å². The quantitative estimate of drug-likeness (QED) is 0.407. The third kappa shape index (κ3) is 4.18. The van der Waals surface area contributed by atoms with Crippen LogP contribution in [0.2, 0.25) is 4.47 Å². The van der Waals surface area contributed by atoms with Gasteiger partial charge in [0.15, 0.2) is 0 Å². The number of hydrogen-bond donors (Lipinski definition) is 0. The molecule has 8 heavy (non-hydrogen) atoms. The molecule has 0 amide bonds. The molecule has 1 heterocycles. The molecule has 0 aromatic carbocycles. The zero-order valence-electron chi connectivity index (χ0n) is 3.90. The molecule has 1 rings (SSSR count). The van der Waals surface area contributed by atoms with Crippen molar-refractivity contribution in [3.63, 3.8) is 0 Å². The summed E-state index contributed by atoms with van der Waals surface area (Å²) in [4.78, 5) is 3.58. The van der Waals surface area contributed by atoms with Crippen LogP contribution in [-0.4, -0.2) is 4.98 Å². The molecule has 0 aliphatic carbocycles. The van der Waals surface area contributed by atoms with E-state index < -0.39 is 0 Å². The first kappa shape index (κ1) is 9.27. The Labute approximate surface area is 77.7 Å². The Morgan fingerprint density at radius 2 is 2.50 bits per heavy atom. The topological polar surface area (TPSA) is 12.9 Å². The molecule has 0 unspecified atom stereocenters. The Hall–Kier alpha value is 1.27. The van der Waals surface area contributed by atoms with Crippen LogP contribution in [0.4, 0.5) is 0 Å². The second-order valence-electron chi connectivity index (χ2n) is 0.730. The SMILES string of the molecule is Clc1n[c-]cs1.[Zn+][I]. The first-order valence-corrected chi connectivity index (χ1v) is 11.9. The summed E-state index contributed by atoms with van der Waals surface area (Å²) in [5.74, 6) is 0. The first-order valence-electron chi connectivity index (χ1n) is 1.63. The van der Waals surface area contributed by atoms with E-state index in [9.17, 15) is 0 Å². The van der Waals surface area contributed by atoms with E-state index in [1.54, 1.807) is 5.38 Å². The van der Waals surface area contributed by atoms with E-state index in [2.05, 4.69) is 30.9 Å². The van der Waals surface area contributed by atoms with E-state index in [-0.39, 0.29) is 0 Å². The molecule has 1 aromatic rings. The first-order chi connectivity index (χ1) is 3.89. The van der Waals surface area contributed by atoms with Crippen molar-refractivity contribution >= 4 is 42.7 Å². The van der Waals surface area contributed by atoms with Crippen LogP contribution in [-0.2, 0) is 14.8 Å². The number of nitrogens with zero attached hydrogens (tertiary/aromatic N) is 1. The van der Waals surface area contributed by atoms with Crippen LogP contribution >= 0.6 is 42.7 Å². The Balaban J connectivity index is 0.000000222. The Kier molecular flexibility index (Phi) is 7.41. The van der Waals surface area contributed by atoms with Crippen molar-refractivity contribution in [2.75, 3.05) is 0 Å². The molecular formula is C3HClINSZn. The van der Waals surface area contributed by atoms with Gasteiger partial charge < -0.3 is 4.98 Å². The Morgan fingerprint density at radius 3 is 2.62 bits per heavy atom. The van der Waals surface area contributed by atoms with Crippen LogP contribution in [0.3, 0.4) is 0 Å². The van der Waals surface area contributed by atoms with Gasteiger partial charge in [0.25, 0.3) is 0 Å². The molecule has 40 valence electrons. The fraction of sp³-hybridized carbons (Fsp3) is 0. The predicted molar refractivity (Wildman–Crippen MR) is 40.0 cm³/mol. The molecule has 1 aromatic heterocycles. The molecule has 0 N–H and O–H groups in total. The van der Waals surface area contributed by atoms with Crippen molar-refractivity contribution < 1.29 is 14.8 Å². The molecule has 0 aliphatic rings. The van der Waals surface area contributed by atoms with Gasteiger partial charge in [0.2, 0.25) is 0 Å². The fourth-order valence-corrected chi connectivity index (χ4v) is 0.669. The fourth-order valence-electron chi connectivity index (χ4n) is 0.178. The third-order valence-corrected chi connectivity index (χ3v) is 1.22. The van der Waals surface area contributed by atoms with Crippen molar-refractivity contribution in [1.82, 2.24) is 4.98 Å². The van der Waals surface area contributed by atoms with Crippen molar-refractivity contribution in [1.29, 1.82) is 0 Å². The van der Waals surface area contributed by atoms with Crippen LogP contribution in [0.5, 0.6) is 0 Å². The molecule has 0 bridgehead atoms. The number of aromatic nitrogens is 1. The number of hydrogen-bond acceptors (Lipinski definition) is 2. The van der Waals surface area contributed by atoms with Gasteiger partial charge in [-0.15, -0.1) is 6.20 Å². The van der Waals surface area contributed by atoms with Gasteiger partial charge in [0.1, 0.15) is 0 Å². The summed E-state index contributed by atoms with van der Waals surface area (Å²) in [6.45, 7) is 0. The van der Waals surface area contributed by atoms with E-state index in [1.807, 2.05) is 0 Å². The van der Waals surface area contributed by atoms with Gasteiger partial charge in [-0.1, -0.05) is 5.38 Å². The second kappa shape index (κ2) is 6.39. The molecule has 0 radical (unpaired) electrons. The molecule has 0 atom stereocenters. The van der Waals surface area contributed by atoms with Gasteiger partial charge in [0, 0.05) is 4.47 Å². The summed E-state index contributed by atoms with van der Waals surface area (Å²) in [7, 11) is 0. The van der Waals surface area contributed by atoms with Gasteiger partial charge >= 0.3 is 34.5 Å². The summed E-state index contributed by atoms with van der Waals surface area (Å²) in [6, 6.07) is 0. The third-order valence-electron chi connectivity index (χ3n) is 0.361. The minimum atomic E-state index is 0.551. The molecule has 0 aliphatic heterocycles. The van der Waals surface area contributed by atoms with E-state index in [1.165, 1.54) is 26.1 Å². The van der Waals surface area contributed by atoms with E-state index in [0.29, 0.717) is 4.47 Å². The van der Waals surface area contributed by atoms with Crippen molar-refractivity contribution in [2.24, 2.45) is 0 Å². The van der Waals surface area contributed by atoms with E-state index in [4.69, 9.17) is 11.6 Å². The van der Waals surface area contributed by atoms with Crippen molar-refractivity contribution in [2.45, 2.75) is 0 Å². The van der Waals surface area contributed by atoms with E-state index in [0.717, 1.165) is 0 Å². The normalized spacial score (nSPS) is 7.50. The second-order valence-corrected chi connectivity index (χ2v) is 2.17. The monoisotopic (exact) mass is 309 g/mol. The zero-order valence-corrected chi connectivity index (χ0v) is 10.6. The van der Waals surface area contributed by atoms with Gasteiger partial charge in [0.05, 0.1) is 0 Å². The van der Waals surface area contributed by atoms with Gasteiger partial charge in [-0.3, -0.25) is 0 Å². The Morgan fingerprint density at radius 1 is 1.88 bits per heavy atom. The van der Waals surface area contributed by atoms with Crippen LogP contribution in [0.15, 0.2) is 5.38 Å². The number of rotatable bonds is 0. The average molecular weight is 311 g/mol. The van der Waals surface area contributed by atoms with Crippen LogP contribution in [0.25, 0.3) is 0 Å². The zero-order chi connectivity index (χ0) is 6.41. The summed E-state index contributed by atoms with van der Waals surface area (Å²) in [5.41, 5.74) is 0. The maximum atomic E-state index is 5.33. The van der Waals surface area contributed by atoms with Crippen LogP contribution in [0.1, 0.15) is 0 Å². The minimum absolute atomic E-state index is 0.551. The summed E-state index contributed by atoms with van der Waals surface area (Å²) in [6.07, 6.45) is 2.57. The number of thiazole rings is 1. The van der Waals surface area contributed by atoms with Gasteiger partial charge in [-0.05, 0) is 0 Å². The summed E-state index contributed by atoms with van der Waals surface area (Å²) >= 11 is 10.3. The van der Waals surface area contributed by atoms with Crippen molar-refractivity contribution in [3.8, 4) is 0 Å². The van der Waals surface area contributed by atoms with Crippen LogP contribution in [0, 0.1) is 6.20 Å². The standard InChI is InChI=1S/C3HClNS.HI.Zn/c4-3-5-1-2-6-3;;/h2H;1H;/q-1;;+2/p-1. The summed E-state index contributed by atoms with van der Waals surface area (Å²) < 4.78 is 0.551. The molecule has 5 heteroatoms. The molecule has 0 saturated heterocycles. The summed E-state index contributed by atoms with van der Waals surface area (Å²) in [5, 5.41) is 1.71. The van der Waals surface area contributed by atoms with E-state index >= 15 is 0 Å². The molecule has 0 fully saturated rings.